The number of hydrogen-bond acceptors (Lipinski definition) is 3. The quantitative estimate of drug-likeness (QED) is 0.515. The predicted octanol–water partition coefficient (Wildman–Crippen LogP) is 0.629. The zero-order valence-corrected chi connectivity index (χ0v) is 4.87. The first-order valence-electron chi connectivity index (χ1n) is 2.57. The summed E-state index contributed by atoms with van der Waals surface area (Å²) >= 11 is 0. The first-order chi connectivity index (χ1) is 4.35. The molecule has 0 spiro atoms. The van der Waals surface area contributed by atoms with Crippen molar-refractivity contribution in [2.24, 2.45) is 5.92 Å². The van der Waals surface area contributed by atoms with E-state index >= 15 is 0 Å². The van der Waals surface area contributed by atoms with Gasteiger partial charge in [-0.3, -0.25) is 0 Å². The zero-order chi connectivity index (χ0) is 7.11. The summed E-state index contributed by atoms with van der Waals surface area (Å²) < 4.78 is 0. The fourth-order valence-corrected chi connectivity index (χ4v) is 0.383. The molecule has 0 amide bonds. The van der Waals surface area contributed by atoms with E-state index in [9.17, 15) is 4.79 Å². The number of hydrogen-bond donors (Lipinski definition) is 0. The van der Waals surface area contributed by atoms with Gasteiger partial charge in [0.25, 0.3) is 0 Å². The Bertz CT molecular complexity index is 163. The summed E-state index contributed by atoms with van der Waals surface area (Å²) in [4.78, 5) is 9.91. The van der Waals surface area contributed by atoms with Crippen LogP contribution in [-0.4, -0.2) is 6.29 Å². The Hall–Kier alpha value is -1.35. The number of rotatable bonds is 3. The molecule has 0 aliphatic heterocycles. The van der Waals surface area contributed by atoms with E-state index in [1.54, 1.807) is 6.07 Å². The maximum absolute atomic E-state index is 9.91. The Morgan fingerprint density at radius 3 is 2.56 bits per heavy atom. The molecule has 0 aromatic carbocycles. The minimum atomic E-state index is -0.593. The highest BCUT2D eigenvalue weighted by Gasteiger charge is 2.02. The maximum Gasteiger partial charge on any atom is 0.137 e. The Morgan fingerprint density at radius 1 is 1.56 bits per heavy atom. The third kappa shape index (κ3) is 3.25. The summed E-state index contributed by atoms with van der Waals surface area (Å²) in [5, 5.41) is 16.2. The second kappa shape index (κ2) is 4.80. The standard InChI is InChI=1S/C6H6N2O/c7-3-1-2-6(4-8)5-9/h5-6H,1-2H2. The predicted molar refractivity (Wildman–Crippen MR) is 30.0 cm³/mol. The number of nitriles is 2. The van der Waals surface area contributed by atoms with Crippen LogP contribution in [0, 0.1) is 28.6 Å². The highest BCUT2D eigenvalue weighted by atomic mass is 16.1. The first-order valence-corrected chi connectivity index (χ1v) is 2.57. The van der Waals surface area contributed by atoms with Gasteiger partial charge in [0.2, 0.25) is 0 Å². The minimum Gasteiger partial charge on any atom is -0.302 e. The largest absolute Gasteiger partial charge is 0.302 e. The van der Waals surface area contributed by atoms with Crippen molar-refractivity contribution in [2.75, 3.05) is 0 Å². The molecule has 46 valence electrons. The molecule has 0 heterocycles. The van der Waals surface area contributed by atoms with Crippen molar-refractivity contribution in [2.45, 2.75) is 12.8 Å². The molecule has 0 aromatic heterocycles. The van der Waals surface area contributed by atoms with Crippen molar-refractivity contribution in [3.63, 3.8) is 0 Å². The van der Waals surface area contributed by atoms with Gasteiger partial charge in [0, 0.05) is 6.42 Å². The molecule has 0 N–H and O–H groups in total. The van der Waals surface area contributed by atoms with Crippen LogP contribution in [0.4, 0.5) is 0 Å². The Labute approximate surface area is 53.5 Å². The molecule has 0 radical (unpaired) electrons. The van der Waals surface area contributed by atoms with Gasteiger partial charge in [0.15, 0.2) is 0 Å². The average molecular weight is 122 g/mol. The molecule has 3 nitrogen and oxygen atoms in total. The fourth-order valence-electron chi connectivity index (χ4n) is 0.383. The van der Waals surface area contributed by atoms with Gasteiger partial charge in [0.05, 0.1) is 12.1 Å². The molecule has 1 unspecified atom stereocenters. The van der Waals surface area contributed by atoms with Gasteiger partial charge in [-0.25, -0.2) is 0 Å². The van der Waals surface area contributed by atoms with E-state index in [-0.39, 0.29) is 6.42 Å². The van der Waals surface area contributed by atoms with Gasteiger partial charge in [-0.15, -0.1) is 0 Å². The van der Waals surface area contributed by atoms with E-state index in [2.05, 4.69) is 0 Å². The summed E-state index contributed by atoms with van der Waals surface area (Å²) in [6, 6.07) is 3.62. The Morgan fingerprint density at radius 2 is 2.22 bits per heavy atom. The lowest BCUT2D eigenvalue weighted by molar-refractivity contribution is -0.109. The Balaban J connectivity index is 3.50. The molecule has 3 heteroatoms. The summed E-state index contributed by atoms with van der Waals surface area (Å²) in [7, 11) is 0. The molecule has 0 aliphatic rings. The smallest absolute Gasteiger partial charge is 0.137 e. The molecular formula is C6H6N2O. The van der Waals surface area contributed by atoms with E-state index in [0.29, 0.717) is 12.7 Å². The van der Waals surface area contributed by atoms with Crippen molar-refractivity contribution >= 4 is 6.29 Å². The summed E-state index contributed by atoms with van der Waals surface area (Å²) in [5.41, 5.74) is 0. The van der Waals surface area contributed by atoms with Gasteiger partial charge in [-0.2, -0.15) is 10.5 Å². The van der Waals surface area contributed by atoms with Gasteiger partial charge in [-0.05, 0) is 6.42 Å². The first kappa shape index (κ1) is 7.65. The number of carbonyl (C=O) groups is 1. The van der Waals surface area contributed by atoms with Crippen LogP contribution in [-0.2, 0) is 4.79 Å². The van der Waals surface area contributed by atoms with Gasteiger partial charge in [-0.1, -0.05) is 0 Å². The summed E-state index contributed by atoms with van der Waals surface area (Å²) in [6.45, 7) is 0. The lowest BCUT2D eigenvalue weighted by Crippen LogP contribution is -1.96. The summed E-state index contributed by atoms with van der Waals surface area (Å²) in [5.74, 6) is -0.593. The lowest BCUT2D eigenvalue weighted by atomic mass is 10.1. The number of nitrogens with zero attached hydrogens (tertiary/aromatic N) is 2. The molecule has 0 bridgehead atoms. The van der Waals surface area contributed by atoms with Gasteiger partial charge < -0.3 is 4.79 Å². The minimum absolute atomic E-state index is 0.275. The monoisotopic (exact) mass is 122 g/mol. The van der Waals surface area contributed by atoms with Crippen LogP contribution in [0.1, 0.15) is 12.8 Å². The molecule has 0 saturated carbocycles. The van der Waals surface area contributed by atoms with Crippen molar-refractivity contribution in [1.29, 1.82) is 10.5 Å². The second-order valence-electron chi connectivity index (χ2n) is 1.57. The molecular weight excluding hydrogens is 116 g/mol. The highest BCUT2D eigenvalue weighted by Crippen LogP contribution is 1.99. The summed E-state index contributed by atoms with van der Waals surface area (Å²) in [6.07, 6.45) is 1.20. The van der Waals surface area contributed by atoms with Crippen LogP contribution in [0.15, 0.2) is 0 Å². The van der Waals surface area contributed by atoms with Gasteiger partial charge >= 0.3 is 0 Å². The highest BCUT2D eigenvalue weighted by molar-refractivity contribution is 5.57. The van der Waals surface area contributed by atoms with Crippen LogP contribution in [0.5, 0.6) is 0 Å². The van der Waals surface area contributed by atoms with Crippen LogP contribution in [0.25, 0.3) is 0 Å². The maximum atomic E-state index is 9.91. The lowest BCUT2D eigenvalue weighted by Gasteiger charge is -1.90. The van der Waals surface area contributed by atoms with Crippen LogP contribution in [0.3, 0.4) is 0 Å². The molecule has 1 atom stereocenters. The van der Waals surface area contributed by atoms with Crippen LogP contribution in [0.2, 0.25) is 0 Å². The van der Waals surface area contributed by atoms with Gasteiger partial charge in [0.1, 0.15) is 12.2 Å². The zero-order valence-electron chi connectivity index (χ0n) is 4.87. The van der Waals surface area contributed by atoms with E-state index in [4.69, 9.17) is 10.5 Å². The van der Waals surface area contributed by atoms with Crippen molar-refractivity contribution in [3.8, 4) is 12.1 Å². The van der Waals surface area contributed by atoms with Crippen molar-refractivity contribution < 1.29 is 4.79 Å². The average Bonchev–Trinajstić information content (AvgIpc) is 1.91. The van der Waals surface area contributed by atoms with E-state index in [0.717, 1.165) is 0 Å². The molecule has 0 aromatic rings. The Kier molecular flexibility index (Phi) is 4.08. The fraction of sp³-hybridized carbons (Fsp3) is 0.500. The molecule has 9 heavy (non-hydrogen) atoms. The van der Waals surface area contributed by atoms with E-state index in [1.807, 2.05) is 6.07 Å². The third-order valence-corrected chi connectivity index (χ3v) is 0.897. The van der Waals surface area contributed by atoms with E-state index < -0.39 is 5.92 Å². The molecule has 0 rings (SSSR count). The van der Waals surface area contributed by atoms with E-state index in [1.165, 1.54) is 0 Å². The number of carbonyl (C=O) groups excluding carboxylic acids is 1. The third-order valence-electron chi connectivity index (χ3n) is 0.897. The normalized spacial score (nSPS) is 10.9. The molecule has 0 fully saturated rings. The van der Waals surface area contributed by atoms with Crippen molar-refractivity contribution in [1.82, 2.24) is 0 Å². The van der Waals surface area contributed by atoms with Crippen LogP contribution >= 0.6 is 0 Å². The number of aldehydes is 1. The van der Waals surface area contributed by atoms with Crippen LogP contribution < -0.4 is 0 Å². The molecule has 0 saturated heterocycles. The molecule has 0 aliphatic carbocycles. The SMILES string of the molecule is N#CCCC(C#N)C=O. The second-order valence-corrected chi connectivity index (χ2v) is 1.57. The topological polar surface area (TPSA) is 64.7 Å². The van der Waals surface area contributed by atoms with Crippen molar-refractivity contribution in [3.05, 3.63) is 0 Å².